The molecule has 6 heteroatoms. The molecule has 0 aromatic heterocycles. The van der Waals surface area contributed by atoms with Crippen LogP contribution in [0, 0.1) is 11.7 Å². The van der Waals surface area contributed by atoms with Crippen LogP contribution in [0.25, 0.3) is 0 Å². The Kier molecular flexibility index (Phi) is 7.36. The van der Waals surface area contributed by atoms with Gasteiger partial charge < -0.3 is 10.2 Å². The van der Waals surface area contributed by atoms with E-state index in [1.165, 1.54) is 12.1 Å². The second-order valence-electron chi connectivity index (χ2n) is 7.47. The van der Waals surface area contributed by atoms with Crippen molar-refractivity contribution in [2.45, 2.75) is 26.3 Å². The number of halogens is 1. The maximum absolute atomic E-state index is 13.4. The molecule has 1 N–H and O–H groups in total. The van der Waals surface area contributed by atoms with Gasteiger partial charge in [0.1, 0.15) is 5.82 Å². The first-order valence-electron chi connectivity index (χ1n) is 10.2. The van der Waals surface area contributed by atoms with Crippen LogP contribution in [-0.2, 0) is 16.1 Å². The Labute approximate surface area is 171 Å². The number of para-hydroxylation sites is 1. The predicted molar refractivity (Wildman–Crippen MR) is 112 cm³/mol. The van der Waals surface area contributed by atoms with Gasteiger partial charge in [0.25, 0.3) is 0 Å². The number of hydrogen-bond donors (Lipinski definition) is 1. The van der Waals surface area contributed by atoms with Gasteiger partial charge in [0.15, 0.2) is 0 Å². The van der Waals surface area contributed by atoms with Gasteiger partial charge in [-0.1, -0.05) is 30.3 Å². The van der Waals surface area contributed by atoms with Crippen molar-refractivity contribution in [3.63, 3.8) is 0 Å². The molecule has 2 amide bonds. The summed E-state index contributed by atoms with van der Waals surface area (Å²) in [6.45, 7) is 4.52. The molecule has 0 radical (unpaired) electrons. The fourth-order valence-electron chi connectivity index (χ4n) is 3.70. The molecule has 0 saturated carbocycles. The number of benzene rings is 2. The van der Waals surface area contributed by atoms with Gasteiger partial charge in [0, 0.05) is 25.3 Å². The lowest BCUT2D eigenvalue weighted by atomic mass is 9.97. The summed E-state index contributed by atoms with van der Waals surface area (Å²) in [6.07, 6.45) is 1.71. The van der Waals surface area contributed by atoms with E-state index < -0.39 is 0 Å². The summed E-state index contributed by atoms with van der Waals surface area (Å²) in [5.74, 6) is -0.425. The zero-order valence-electron chi connectivity index (χ0n) is 16.8. The molecule has 154 valence electrons. The average Bonchev–Trinajstić information content (AvgIpc) is 2.73. The molecule has 1 atom stereocenters. The topological polar surface area (TPSA) is 52.7 Å². The first-order chi connectivity index (χ1) is 14.0. The third kappa shape index (κ3) is 6.12. The predicted octanol–water partition coefficient (Wildman–Crippen LogP) is 3.52. The van der Waals surface area contributed by atoms with Gasteiger partial charge in [-0.2, -0.15) is 0 Å². The molecule has 1 heterocycles. The fourth-order valence-corrected chi connectivity index (χ4v) is 3.70. The van der Waals surface area contributed by atoms with Gasteiger partial charge >= 0.3 is 0 Å². The lowest BCUT2D eigenvalue weighted by Crippen LogP contribution is -2.46. The number of nitrogens with zero attached hydrogens (tertiary/aromatic N) is 2. The molecular weight excluding hydrogens is 369 g/mol. The second kappa shape index (κ2) is 10.2. The van der Waals surface area contributed by atoms with Crippen molar-refractivity contribution in [1.29, 1.82) is 0 Å². The number of rotatable bonds is 7. The summed E-state index contributed by atoms with van der Waals surface area (Å²) in [6, 6.07) is 15.8. The van der Waals surface area contributed by atoms with E-state index >= 15 is 0 Å². The number of carbonyl (C=O) groups is 2. The molecule has 0 spiro atoms. The van der Waals surface area contributed by atoms with Gasteiger partial charge in [-0.15, -0.1) is 0 Å². The number of amides is 2. The van der Waals surface area contributed by atoms with Crippen molar-refractivity contribution in [3.05, 3.63) is 66.0 Å². The molecule has 3 rings (SSSR count). The van der Waals surface area contributed by atoms with Crippen molar-refractivity contribution >= 4 is 17.5 Å². The molecule has 1 aliphatic rings. The van der Waals surface area contributed by atoms with Gasteiger partial charge in [-0.05, 0) is 56.1 Å². The van der Waals surface area contributed by atoms with Crippen LogP contribution in [0.2, 0.25) is 0 Å². The molecule has 1 fully saturated rings. The quantitative estimate of drug-likeness (QED) is 0.778. The molecular formula is C23H28FN3O2. The lowest BCUT2D eigenvalue weighted by Gasteiger charge is -2.33. The van der Waals surface area contributed by atoms with E-state index in [1.807, 2.05) is 43.3 Å². The second-order valence-corrected chi connectivity index (χ2v) is 7.47. The number of anilines is 1. The monoisotopic (exact) mass is 397 g/mol. The Morgan fingerprint density at radius 1 is 1.17 bits per heavy atom. The zero-order valence-corrected chi connectivity index (χ0v) is 16.8. The molecule has 29 heavy (non-hydrogen) atoms. The van der Waals surface area contributed by atoms with Crippen molar-refractivity contribution in [3.8, 4) is 0 Å². The first-order valence-corrected chi connectivity index (χ1v) is 10.2. The number of likely N-dealkylation sites (N-methyl/N-ethyl adjacent to an activating group) is 1. The minimum Gasteiger partial charge on any atom is -0.338 e. The number of nitrogens with one attached hydrogen (secondary N) is 1. The molecule has 0 bridgehead atoms. The van der Waals surface area contributed by atoms with E-state index in [1.54, 1.807) is 11.0 Å². The summed E-state index contributed by atoms with van der Waals surface area (Å²) in [4.78, 5) is 29.2. The van der Waals surface area contributed by atoms with E-state index in [-0.39, 0.29) is 30.1 Å². The molecule has 0 aliphatic carbocycles. The molecule has 0 unspecified atom stereocenters. The third-order valence-electron chi connectivity index (χ3n) is 5.27. The minimum absolute atomic E-state index is 0.000424. The molecule has 2 aromatic carbocycles. The third-order valence-corrected chi connectivity index (χ3v) is 5.27. The Bertz CT molecular complexity index is 828. The van der Waals surface area contributed by atoms with E-state index in [4.69, 9.17) is 0 Å². The van der Waals surface area contributed by atoms with Crippen LogP contribution in [0.5, 0.6) is 0 Å². The maximum atomic E-state index is 13.4. The van der Waals surface area contributed by atoms with Crippen molar-refractivity contribution in [2.24, 2.45) is 5.92 Å². The van der Waals surface area contributed by atoms with E-state index in [0.717, 1.165) is 30.6 Å². The van der Waals surface area contributed by atoms with Crippen LogP contribution in [0.4, 0.5) is 10.1 Å². The van der Waals surface area contributed by atoms with Crippen LogP contribution in [0.1, 0.15) is 25.3 Å². The highest BCUT2D eigenvalue weighted by atomic mass is 19.1. The summed E-state index contributed by atoms with van der Waals surface area (Å²) in [7, 11) is 0. The van der Waals surface area contributed by atoms with Crippen LogP contribution >= 0.6 is 0 Å². The lowest BCUT2D eigenvalue weighted by molar-refractivity contribution is -0.134. The smallest absolute Gasteiger partial charge is 0.237 e. The van der Waals surface area contributed by atoms with Crippen LogP contribution in [-0.4, -0.2) is 47.8 Å². The summed E-state index contributed by atoms with van der Waals surface area (Å²) in [5, 5.41) is 2.96. The van der Waals surface area contributed by atoms with Crippen molar-refractivity contribution < 1.29 is 14.0 Å². The minimum atomic E-state index is -0.297. The Morgan fingerprint density at radius 2 is 1.97 bits per heavy atom. The average molecular weight is 397 g/mol. The molecule has 5 nitrogen and oxygen atoms in total. The number of piperidine rings is 1. The van der Waals surface area contributed by atoms with Crippen molar-refractivity contribution in [1.82, 2.24) is 9.80 Å². The molecule has 1 aliphatic heterocycles. The van der Waals surface area contributed by atoms with Crippen LogP contribution in [0.15, 0.2) is 54.6 Å². The molecule has 2 aromatic rings. The fraction of sp³-hybridized carbons (Fsp3) is 0.391. The SMILES string of the molecule is CCN(Cc1cccc(F)c1)C(=O)CN1CCC[C@H](C(=O)Nc2ccccc2)C1. The summed E-state index contributed by atoms with van der Waals surface area (Å²) >= 11 is 0. The Morgan fingerprint density at radius 3 is 2.69 bits per heavy atom. The van der Waals surface area contributed by atoms with Crippen LogP contribution in [0.3, 0.4) is 0 Å². The first kappa shape index (κ1) is 21.0. The van der Waals surface area contributed by atoms with E-state index in [2.05, 4.69) is 10.2 Å². The number of hydrogen-bond acceptors (Lipinski definition) is 3. The van der Waals surface area contributed by atoms with Crippen molar-refractivity contribution in [2.75, 3.05) is 31.5 Å². The number of likely N-dealkylation sites (tertiary alicyclic amines) is 1. The van der Waals surface area contributed by atoms with Crippen LogP contribution < -0.4 is 5.32 Å². The highest BCUT2D eigenvalue weighted by Gasteiger charge is 2.27. The van der Waals surface area contributed by atoms with E-state index in [0.29, 0.717) is 19.6 Å². The normalized spacial score (nSPS) is 17.0. The maximum Gasteiger partial charge on any atom is 0.237 e. The highest BCUT2D eigenvalue weighted by molar-refractivity contribution is 5.92. The Hall–Kier alpha value is -2.73. The molecule has 1 saturated heterocycles. The summed E-state index contributed by atoms with van der Waals surface area (Å²) in [5.41, 5.74) is 1.57. The van der Waals surface area contributed by atoms with Gasteiger partial charge in [-0.3, -0.25) is 14.5 Å². The zero-order chi connectivity index (χ0) is 20.6. The highest BCUT2D eigenvalue weighted by Crippen LogP contribution is 2.19. The van der Waals surface area contributed by atoms with Gasteiger partial charge in [0.05, 0.1) is 12.5 Å². The summed E-state index contributed by atoms with van der Waals surface area (Å²) < 4.78 is 13.4. The standard InChI is InChI=1S/C23H28FN3O2/c1-2-27(15-18-8-6-10-20(24)14-18)22(28)17-26-13-7-9-19(16-26)23(29)25-21-11-4-3-5-12-21/h3-6,8,10-12,14,19H,2,7,9,13,15-17H2,1H3,(H,25,29)/t19-/m0/s1. The number of carbonyl (C=O) groups excluding carboxylic acids is 2. The van der Waals surface area contributed by atoms with Gasteiger partial charge in [-0.25, -0.2) is 4.39 Å². The Balaban J connectivity index is 1.54. The van der Waals surface area contributed by atoms with Gasteiger partial charge in [0.2, 0.25) is 11.8 Å². The van der Waals surface area contributed by atoms with E-state index in [9.17, 15) is 14.0 Å². The largest absolute Gasteiger partial charge is 0.338 e.